The lowest BCUT2D eigenvalue weighted by Crippen LogP contribution is -2.19. The lowest BCUT2D eigenvalue weighted by atomic mass is 10.1. The average Bonchev–Trinajstić information content (AvgIpc) is 2.44. The van der Waals surface area contributed by atoms with E-state index in [0.717, 1.165) is 13.2 Å². The first-order valence-corrected chi connectivity index (χ1v) is 5.88. The summed E-state index contributed by atoms with van der Waals surface area (Å²) in [7, 11) is 1.08. The highest BCUT2D eigenvalue weighted by molar-refractivity contribution is 5.91. The molecular formula is C12H15FN2O5. The molecule has 0 radical (unpaired) electrons. The Morgan fingerprint density at radius 2 is 2.25 bits per heavy atom. The molecule has 0 saturated carbocycles. The topological polar surface area (TPSA) is 102 Å². The van der Waals surface area contributed by atoms with E-state index in [4.69, 9.17) is 0 Å². The number of hydrogen-bond acceptors (Lipinski definition) is 6. The monoisotopic (exact) mass is 286 g/mol. The largest absolute Gasteiger partial charge is 0.465 e. The molecule has 8 heteroatoms. The van der Waals surface area contributed by atoms with E-state index in [1.165, 1.54) is 0 Å². The molecule has 0 aliphatic rings. The second-order valence-corrected chi connectivity index (χ2v) is 4.04. The molecule has 1 aromatic rings. The number of ether oxygens (including phenoxy) is 1. The Kier molecular flexibility index (Phi) is 5.39. The summed E-state index contributed by atoms with van der Waals surface area (Å²) in [6, 6.07) is 1.65. The number of carbonyl (C=O) groups excluding carboxylic acids is 1. The van der Waals surface area contributed by atoms with Gasteiger partial charge in [0.25, 0.3) is 5.69 Å². The van der Waals surface area contributed by atoms with Crippen molar-refractivity contribution >= 4 is 17.3 Å². The second kappa shape index (κ2) is 6.80. The zero-order valence-electron chi connectivity index (χ0n) is 11.1. The van der Waals surface area contributed by atoms with Crippen LogP contribution in [-0.2, 0) is 4.74 Å². The van der Waals surface area contributed by atoms with E-state index in [2.05, 4.69) is 10.1 Å². The average molecular weight is 286 g/mol. The molecule has 0 spiro atoms. The van der Waals surface area contributed by atoms with Crippen LogP contribution >= 0.6 is 0 Å². The standard InChI is InChI=1S/C12H15FN2O5/c1-3-7(16)6-14-10-4-8(12(17)20-2)9(13)5-11(10)15(18)19/h4-5,7,14,16H,3,6H2,1-2H3. The third-order valence-corrected chi connectivity index (χ3v) is 2.69. The minimum Gasteiger partial charge on any atom is -0.465 e. The predicted octanol–water partition coefficient (Wildman–Crippen LogP) is 1.70. The Morgan fingerprint density at radius 3 is 2.75 bits per heavy atom. The Bertz CT molecular complexity index is 521. The van der Waals surface area contributed by atoms with E-state index in [9.17, 15) is 24.4 Å². The van der Waals surface area contributed by atoms with E-state index >= 15 is 0 Å². The Morgan fingerprint density at radius 1 is 1.60 bits per heavy atom. The summed E-state index contributed by atoms with van der Waals surface area (Å²) in [5.74, 6) is -1.97. The third-order valence-electron chi connectivity index (χ3n) is 2.69. The molecule has 1 aromatic carbocycles. The van der Waals surface area contributed by atoms with Gasteiger partial charge in [0, 0.05) is 6.54 Å². The molecule has 0 amide bonds. The van der Waals surface area contributed by atoms with Gasteiger partial charge in [0.2, 0.25) is 0 Å². The Balaban J connectivity index is 3.16. The normalized spacial score (nSPS) is 11.8. The summed E-state index contributed by atoms with van der Waals surface area (Å²) < 4.78 is 18.0. The first kappa shape index (κ1) is 15.8. The van der Waals surface area contributed by atoms with Crippen LogP contribution in [0, 0.1) is 15.9 Å². The Hall–Kier alpha value is -2.22. The van der Waals surface area contributed by atoms with Gasteiger partial charge >= 0.3 is 5.97 Å². The number of carbonyl (C=O) groups is 1. The first-order valence-electron chi connectivity index (χ1n) is 5.88. The number of aliphatic hydroxyl groups is 1. The minimum atomic E-state index is -1.04. The van der Waals surface area contributed by atoms with Gasteiger partial charge in [0.05, 0.1) is 29.8 Å². The maximum atomic E-state index is 13.6. The van der Waals surface area contributed by atoms with E-state index in [1.807, 2.05) is 0 Å². The van der Waals surface area contributed by atoms with Crippen LogP contribution in [0.2, 0.25) is 0 Å². The molecule has 1 unspecified atom stereocenters. The van der Waals surface area contributed by atoms with Gasteiger partial charge in [-0.25, -0.2) is 9.18 Å². The third kappa shape index (κ3) is 3.64. The number of benzene rings is 1. The van der Waals surface area contributed by atoms with Crippen molar-refractivity contribution in [3.8, 4) is 0 Å². The number of nitro benzene ring substituents is 1. The van der Waals surface area contributed by atoms with Crippen LogP contribution in [0.5, 0.6) is 0 Å². The molecule has 0 fully saturated rings. The van der Waals surface area contributed by atoms with Gasteiger partial charge in [0.1, 0.15) is 11.5 Å². The summed E-state index contributed by atoms with van der Waals surface area (Å²) in [4.78, 5) is 21.4. The van der Waals surface area contributed by atoms with Crippen molar-refractivity contribution in [1.29, 1.82) is 0 Å². The molecule has 0 aromatic heterocycles. The highest BCUT2D eigenvalue weighted by Gasteiger charge is 2.22. The Labute approximate surface area is 114 Å². The molecule has 110 valence electrons. The molecule has 1 rings (SSSR count). The number of rotatable bonds is 6. The lowest BCUT2D eigenvalue weighted by Gasteiger charge is -2.12. The molecule has 20 heavy (non-hydrogen) atoms. The van der Waals surface area contributed by atoms with Gasteiger partial charge < -0.3 is 15.2 Å². The van der Waals surface area contributed by atoms with Crippen LogP contribution in [0.15, 0.2) is 12.1 Å². The maximum Gasteiger partial charge on any atom is 0.340 e. The van der Waals surface area contributed by atoms with Crippen LogP contribution in [0.25, 0.3) is 0 Å². The van der Waals surface area contributed by atoms with Crippen molar-refractivity contribution in [2.24, 2.45) is 0 Å². The number of hydrogen-bond donors (Lipinski definition) is 2. The van der Waals surface area contributed by atoms with Crippen molar-refractivity contribution in [2.75, 3.05) is 19.0 Å². The highest BCUT2D eigenvalue weighted by atomic mass is 19.1. The molecule has 0 aliphatic heterocycles. The maximum absolute atomic E-state index is 13.6. The molecule has 0 saturated heterocycles. The lowest BCUT2D eigenvalue weighted by molar-refractivity contribution is -0.384. The van der Waals surface area contributed by atoms with Gasteiger partial charge in [0.15, 0.2) is 0 Å². The fourth-order valence-electron chi connectivity index (χ4n) is 1.49. The van der Waals surface area contributed by atoms with Gasteiger partial charge in [-0.05, 0) is 12.5 Å². The molecular weight excluding hydrogens is 271 g/mol. The van der Waals surface area contributed by atoms with Crippen LogP contribution < -0.4 is 5.32 Å². The van der Waals surface area contributed by atoms with Crippen molar-refractivity contribution in [3.05, 3.63) is 33.6 Å². The molecule has 0 aliphatic carbocycles. The van der Waals surface area contributed by atoms with Crippen molar-refractivity contribution < 1.29 is 24.0 Å². The van der Waals surface area contributed by atoms with Gasteiger partial charge in [-0.1, -0.05) is 6.92 Å². The molecule has 0 heterocycles. The van der Waals surface area contributed by atoms with E-state index < -0.39 is 34.1 Å². The zero-order chi connectivity index (χ0) is 15.3. The summed E-state index contributed by atoms with van der Waals surface area (Å²) in [5, 5.41) is 22.9. The van der Waals surface area contributed by atoms with Crippen LogP contribution in [-0.4, -0.2) is 35.8 Å². The number of nitrogens with zero attached hydrogens (tertiary/aromatic N) is 1. The summed E-state index contributed by atoms with van der Waals surface area (Å²) in [6.45, 7) is 1.79. The second-order valence-electron chi connectivity index (χ2n) is 4.04. The van der Waals surface area contributed by atoms with E-state index in [1.54, 1.807) is 6.92 Å². The quantitative estimate of drug-likeness (QED) is 0.469. The number of nitro groups is 1. The number of anilines is 1. The number of halogens is 1. The molecule has 2 N–H and O–H groups in total. The van der Waals surface area contributed by atoms with Crippen LogP contribution in [0.1, 0.15) is 23.7 Å². The van der Waals surface area contributed by atoms with E-state index in [-0.39, 0.29) is 12.2 Å². The number of aliphatic hydroxyl groups excluding tert-OH is 1. The van der Waals surface area contributed by atoms with Crippen molar-refractivity contribution in [3.63, 3.8) is 0 Å². The molecule has 7 nitrogen and oxygen atoms in total. The minimum absolute atomic E-state index is 0.0452. The van der Waals surface area contributed by atoms with Crippen molar-refractivity contribution in [2.45, 2.75) is 19.4 Å². The van der Waals surface area contributed by atoms with Crippen molar-refractivity contribution in [1.82, 2.24) is 0 Å². The van der Waals surface area contributed by atoms with Gasteiger partial charge in [-0.15, -0.1) is 0 Å². The highest BCUT2D eigenvalue weighted by Crippen LogP contribution is 2.28. The van der Waals surface area contributed by atoms with Gasteiger partial charge in [-0.3, -0.25) is 10.1 Å². The first-order chi connectivity index (χ1) is 9.40. The number of methoxy groups -OCH3 is 1. The molecule has 0 bridgehead atoms. The number of nitrogens with one attached hydrogen (secondary N) is 1. The SMILES string of the molecule is CCC(O)CNc1cc(C(=O)OC)c(F)cc1[N+](=O)[O-]. The molecule has 1 atom stereocenters. The summed E-state index contributed by atoms with van der Waals surface area (Å²) in [5.41, 5.74) is -0.977. The zero-order valence-corrected chi connectivity index (χ0v) is 11.1. The van der Waals surface area contributed by atoms with Gasteiger partial charge in [-0.2, -0.15) is 0 Å². The summed E-state index contributed by atoms with van der Waals surface area (Å²) in [6.07, 6.45) is -0.257. The fourth-order valence-corrected chi connectivity index (χ4v) is 1.49. The van der Waals surface area contributed by atoms with Crippen LogP contribution in [0.4, 0.5) is 15.8 Å². The number of esters is 1. The van der Waals surface area contributed by atoms with Crippen LogP contribution in [0.3, 0.4) is 0 Å². The predicted molar refractivity (Wildman–Crippen MR) is 69.2 cm³/mol. The fraction of sp³-hybridized carbons (Fsp3) is 0.417. The smallest absolute Gasteiger partial charge is 0.340 e. The van der Waals surface area contributed by atoms with E-state index in [0.29, 0.717) is 12.5 Å². The summed E-state index contributed by atoms with van der Waals surface area (Å²) >= 11 is 0.